The summed E-state index contributed by atoms with van der Waals surface area (Å²) in [5.74, 6) is 0.353. The molecule has 82 valence electrons. The summed E-state index contributed by atoms with van der Waals surface area (Å²) in [7, 11) is -0.612. The van der Waals surface area contributed by atoms with Crippen molar-refractivity contribution in [1.29, 1.82) is 4.78 Å². The lowest BCUT2D eigenvalue weighted by molar-refractivity contribution is 0.677. The summed E-state index contributed by atoms with van der Waals surface area (Å²) in [5.41, 5.74) is 0.791. The number of nitrogens with one attached hydrogen (secondary N) is 1. The van der Waals surface area contributed by atoms with Crippen LogP contribution in [0.15, 0.2) is 6.20 Å². The van der Waals surface area contributed by atoms with Gasteiger partial charge >= 0.3 is 0 Å². The van der Waals surface area contributed by atoms with Gasteiger partial charge in [0.05, 0.1) is 5.69 Å². The summed E-state index contributed by atoms with van der Waals surface area (Å²) in [5, 5.41) is 7.55. The number of hydrogen-bond donors (Lipinski definition) is 1. The molecule has 1 heterocycles. The SMILES string of the molecule is CC.Cn1cc(CCS(C)(=N)=O)nn1. The second-order valence-corrected chi connectivity index (χ2v) is 5.26. The van der Waals surface area contributed by atoms with Gasteiger partial charge in [-0.3, -0.25) is 13.7 Å². The van der Waals surface area contributed by atoms with Crippen molar-refractivity contribution < 1.29 is 4.21 Å². The van der Waals surface area contributed by atoms with Crippen LogP contribution in [0.5, 0.6) is 0 Å². The molecule has 6 heteroatoms. The topological polar surface area (TPSA) is 71.6 Å². The number of nitrogens with zero attached hydrogens (tertiary/aromatic N) is 3. The molecule has 1 rings (SSSR count). The molecule has 0 spiro atoms. The van der Waals surface area contributed by atoms with Crippen LogP contribution in [0.3, 0.4) is 0 Å². The lowest BCUT2D eigenvalue weighted by Crippen LogP contribution is -2.04. The summed E-state index contributed by atoms with van der Waals surface area (Å²) >= 11 is 0. The molecule has 1 unspecified atom stereocenters. The Morgan fingerprint density at radius 3 is 2.50 bits per heavy atom. The highest BCUT2D eigenvalue weighted by Crippen LogP contribution is 1.96. The normalized spacial score (nSPS) is 14.0. The van der Waals surface area contributed by atoms with Gasteiger partial charge in [-0.1, -0.05) is 19.1 Å². The highest BCUT2D eigenvalue weighted by atomic mass is 32.2. The first-order chi connectivity index (χ1) is 6.47. The van der Waals surface area contributed by atoms with Gasteiger partial charge in [0.25, 0.3) is 0 Å². The van der Waals surface area contributed by atoms with Crippen molar-refractivity contribution in [3.8, 4) is 0 Å². The van der Waals surface area contributed by atoms with Crippen LogP contribution in [-0.4, -0.2) is 31.2 Å². The molecule has 1 atom stereocenters. The fourth-order valence-electron chi connectivity index (χ4n) is 0.809. The van der Waals surface area contributed by atoms with E-state index in [-0.39, 0.29) is 0 Å². The van der Waals surface area contributed by atoms with E-state index in [0.717, 1.165) is 5.69 Å². The minimum absolute atomic E-state index is 0.353. The fourth-order valence-corrected chi connectivity index (χ4v) is 1.41. The van der Waals surface area contributed by atoms with E-state index in [0.29, 0.717) is 12.2 Å². The van der Waals surface area contributed by atoms with E-state index in [4.69, 9.17) is 4.78 Å². The maximum Gasteiger partial charge on any atom is 0.0836 e. The first-order valence-corrected chi connectivity index (χ1v) is 6.67. The standard InChI is InChI=1S/C6H12N4OS.C2H6/c1-10-5-6(8-9-10)3-4-12(2,7)11;1-2/h5,7H,3-4H2,1-2H3;1-2H3. The molecule has 0 amide bonds. The maximum atomic E-state index is 11.0. The molecule has 0 aliphatic heterocycles. The molecule has 1 aromatic rings. The molecule has 0 aliphatic carbocycles. The fraction of sp³-hybridized carbons (Fsp3) is 0.750. The van der Waals surface area contributed by atoms with Gasteiger partial charge in [0.1, 0.15) is 0 Å². The number of rotatable bonds is 3. The number of aromatic nitrogens is 3. The van der Waals surface area contributed by atoms with E-state index in [2.05, 4.69) is 10.3 Å². The van der Waals surface area contributed by atoms with Gasteiger partial charge in [-0.15, -0.1) is 5.10 Å². The van der Waals surface area contributed by atoms with E-state index < -0.39 is 9.73 Å². The van der Waals surface area contributed by atoms with Crippen LogP contribution in [0, 0.1) is 4.78 Å². The van der Waals surface area contributed by atoms with Crippen LogP contribution < -0.4 is 0 Å². The van der Waals surface area contributed by atoms with E-state index in [1.165, 1.54) is 6.26 Å². The summed E-state index contributed by atoms with van der Waals surface area (Å²) in [6.07, 6.45) is 3.77. The van der Waals surface area contributed by atoms with Gasteiger partial charge in [-0.25, -0.2) is 0 Å². The minimum Gasteiger partial charge on any atom is -0.255 e. The molecule has 0 aromatic carbocycles. The molecule has 0 aliphatic rings. The van der Waals surface area contributed by atoms with Crippen molar-refractivity contribution in [2.24, 2.45) is 7.05 Å². The van der Waals surface area contributed by atoms with Crippen molar-refractivity contribution >= 4 is 9.73 Å². The average molecular weight is 218 g/mol. The predicted octanol–water partition coefficient (Wildman–Crippen LogP) is 1.06. The smallest absolute Gasteiger partial charge is 0.0836 e. The zero-order chi connectivity index (χ0) is 11.2. The van der Waals surface area contributed by atoms with Crippen molar-refractivity contribution in [2.45, 2.75) is 20.3 Å². The summed E-state index contributed by atoms with van der Waals surface area (Å²) in [6, 6.07) is 0. The average Bonchev–Trinajstić information content (AvgIpc) is 2.50. The second-order valence-electron chi connectivity index (χ2n) is 2.84. The van der Waals surface area contributed by atoms with Gasteiger partial charge in [0, 0.05) is 41.4 Å². The molecule has 14 heavy (non-hydrogen) atoms. The number of aryl methyl sites for hydroxylation is 2. The third-order valence-corrected chi connectivity index (χ3v) is 2.38. The monoisotopic (exact) mass is 218 g/mol. The Kier molecular flexibility index (Phi) is 5.37. The second kappa shape index (κ2) is 5.74. The Balaban J connectivity index is 0.000000791. The van der Waals surface area contributed by atoms with Gasteiger partial charge in [-0.2, -0.15) is 0 Å². The van der Waals surface area contributed by atoms with Gasteiger partial charge < -0.3 is 0 Å². The van der Waals surface area contributed by atoms with Crippen molar-refractivity contribution in [3.05, 3.63) is 11.9 Å². The molecule has 0 fully saturated rings. The largest absolute Gasteiger partial charge is 0.255 e. The molecule has 1 aromatic heterocycles. The molecule has 0 radical (unpaired) electrons. The van der Waals surface area contributed by atoms with E-state index in [1.807, 2.05) is 13.8 Å². The lowest BCUT2D eigenvalue weighted by Gasteiger charge is -1.95. The zero-order valence-electron chi connectivity index (χ0n) is 9.15. The molecular formula is C8H18N4OS. The number of hydrogen-bond acceptors (Lipinski definition) is 4. The van der Waals surface area contributed by atoms with Gasteiger partial charge in [0.15, 0.2) is 0 Å². The first kappa shape index (κ1) is 13.1. The van der Waals surface area contributed by atoms with Crippen molar-refractivity contribution in [1.82, 2.24) is 15.0 Å². The highest BCUT2D eigenvalue weighted by Gasteiger charge is 2.02. The van der Waals surface area contributed by atoms with E-state index in [1.54, 1.807) is 17.9 Å². The van der Waals surface area contributed by atoms with Gasteiger partial charge in [0.2, 0.25) is 0 Å². The zero-order valence-corrected chi connectivity index (χ0v) is 9.97. The first-order valence-electron chi connectivity index (χ1n) is 4.54. The summed E-state index contributed by atoms with van der Waals surface area (Å²) < 4.78 is 19.7. The van der Waals surface area contributed by atoms with Crippen molar-refractivity contribution in [3.63, 3.8) is 0 Å². The Morgan fingerprint density at radius 2 is 2.14 bits per heavy atom. The summed E-state index contributed by atoms with van der Waals surface area (Å²) in [4.78, 5) is 0. The van der Waals surface area contributed by atoms with E-state index >= 15 is 0 Å². The molecule has 5 nitrogen and oxygen atoms in total. The van der Waals surface area contributed by atoms with Crippen LogP contribution in [0.2, 0.25) is 0 Å². The third kappa shape index (κ3) is 5.69. The van der Waals surface area contributed by atoms with Crippen LogP contribution in [0.4, 0.5) is 0 Å². The maximum absolute atomic E-state index is 11.0. The molecule has 1 N–H and O–H groups in total. The Morgan fingerprint density at radius 1 is 1.57 bits per heavy atom. The highest BCUT2D eigenvalue weighted by molar-refractivity contribution is 7.91. The lowest BCUT2D eigenvalue weighted by atomic mass is 10.4. The van der Waals surface area contributed by atoms with Crippen LogP contribution in [0.25, 0.3) is 0 Å². The van der Waals surface area contributed by atoms with Crippen LogP contribution in [-0.2, 0) is 23.2 Å². The van der Waals surface area contributed by atoms with E-state index in [9.17, 15) is 4.21 Å². The quantitative estimate of drug-likeness (QED) is 0.824. The summed E-state index contributed by atoms with van der Waals surface area (Å²) in [6.45, 7) is 4.00. The molecule has 0 bridgehead atoms. The predicted molar refractivity (Wildman–Crippen MR) is 57.7 cm³/mol. The molecular weight excluding hydrogens is 200 g/mol. The Bertz CT molecular complexity index is 355. The van der Waals surface area contributed by atoms with Gasteiger partial charge in [-0.05, 0) is 0 Å². The molecule has 0 saturated carbocycles. The Hall–Kier alpha value is -0.910. The minimum atomic E-state index is -2.39. The van der Waals surface area contributed by atoms with Crippen LogP contribution >= 0.6 is 0 Å². The van der Waals surface area contributed by atoms with Crippen LogP contribution in [0.1, 0.15) is 19.5 Å². The molecule has 0 saturated heterocycles. The Labute approximate surface area is 85.5 Å². The third-order valence-electron chi connectivity index (χ3n) is 1.40. The van der Waals surface area contributed by atoms with Crippen molar-refractivity contribution in [2.75, 3.05) is 12.0 Å².